The van der Waals surface area contributed by atoms with Crippen LogP contribution >= 0.6 is 34.8 Å². The Morgan fingerprint density at radius 2 is 1.07 bits per heavy atom. The van der Waals surface area contributed by atoms with E-state index in [1.165, 1.54) is 11.8 Å². The first-order chi connectivity index (χ1) is 39.6. The third-order valence-corrected chi connectivity index (χ3v) is 14.2. The minimum Gasteiger partial charge on any atom is -0.496 e. The number of nitrogens with zero attached hydrogens (tertiary/aromatic N) is 8. The summed E-state index contributed by atoms with van der Waals surface area (Å²) in [6.45, 7) is 26.1. The zero-order valence-corrected chi connectivity index (χ0v) is 52.6. The summed E-state index contributed by atoms with van der Waals surface area (Å²) >= 11 is 16.2. The molecule has 2 amide bonds. The topological polar surface area (TPSA) is 255 Å². The summed E-state index contributed by atoms with van der Waals surface area (Å²) in [5, 5.41) is 11.8. The maximum atomic E-state index is 14.3. The fourth-order valence-corrected chi connectivity index (χ4v) is 9.17. The fraction of sp³-hybridized carbons (Fsp3) is 0.552. The number of piperidine rings is 3. The maximum Gasteiger partial charge on any atom is 0.407 e. The van der Waals surface area contributed by atoms with Gasteiger partial charge in [0.25, 0.3) is 0 Å². The van der Waals surface area contributed by atoms with Gasteiger partial charge < -0.3 is 61.5 Å². The molecule has 6 heterocycles. The van der Waals surface area contributed by atoms with Crippen LogP contribution in [0.15, 0.2) is 42.9 Å². The molecule has 0 aliphatic carbocycles. The zero-order chi connectivity index (χ0) is 62.3. The number of anilines is 5. The Morgan fingerprint density at radius 3 is 1.55 bits per heavy atom. The SMILES string of the molecule is CC(C)(C)OC(=O)NCC1CCN(c2nc(Cl)ncc2F)CC1.CC(C)(C)OC(=O)NCC1CCNCC1.COc1cc(N)cc(C)c1C.COc1cc(Nc2ncc(F)c(N3CCC(CN)CC3)n2)cc(C)c1C.Fc1cnc(Cl)nc1Cl. The quantitative estimate of drug-likeness (QED) is 0.0408. The van der Waals surface area contributed by atoms with E-state index in [2.05, 4.69) is 51.2 Å². The minimum absolute atomic E-state index is 0.0371. The van der Waals surface area contributed by atoms with E-state index in [-0.39, 0.29) is 27.6 Å². The van der Waals surface area contributed by atoms with Gasteiger partial charge in [-0.2, -0.15) is 9.97 Å². The summed E-state index contributed by atoms with van der Waals surface area (Å²) in [7, 11) is 3.30. The van der Waals surface area contributed by atoms with Crippen molar-refractivity contribution < 1.29 is 41.7 Å². The number of hydrogen-bond acceptors (Lipinski definition) is 18. The van der Waals surface area contributed by atoms with Crippen molar-refractivity contribution in [1.29, 1.82) is 0 Å². The first-order valence-corrected chi connectivity index (χ1v) is 28.9. The number of aryl methyl sites for hydroxylation is 2. The zero-order valence-electron chi connectivity index (χ0n) is 50.3. The standard InChI is InChI=1S/C19H26FN5O.C15H22ClFN4O2.C11H22N2O2.C9H13NO.C4HCl2FN2/c1-12-8-15(9-17(26-3)13(12)2)23-19-22-11-16(20)18(24-19)25-6-4-14(10-21)5-7-25;1-15(2,3)23-14(22)19-8-10-4-6-21(7-5-10)12-11(17)9-18-13(16)20-12;1-11(2,3)15-10(14)13-8-9-4-6-12-7-5-9;1-6-4-8(10)5-9(11-3)7(6)2;5-3-2(7)1-8-4(6)9-3/h8-9,11,14H,4-7,10,21H2,1-3H3,(H,22,23,24);9-10H,4-8H2,1-3H3,(H,19,22);9,12H,4-8H2,1-3H3,(H,13,14);4-5H,10H2,1-3H3;1H. The second kappa shape index (κ2) is 33.9. The number of halogens is 6. The Morgan fingerprint density at radius 1 is 0.631 bits per heavy atom. The number of carbonyl (C=O) groups excluding carboxylic acids is 2. The molecule has 5 aromatic rings. The number of rotatable bonds is 11. The van der Waals surface area contributed by atoms with Crippen LogP contribution in [0.25, 0.3) is 0 Å². The number of alkyl carbamates (subject to hydrolysis) is 2. The Balaban J connectivity index is 0.000000237. The Labute approximate surface area is 507 Å². The molecule has 3 aliphatic rings. The highest BCUT2D eigenvalue weighted by atomic mass is 35.5. The van der Waals surface area contributed by atoms with E-state index in [1.54, 1.807) is 14.2 Å². The molecule has 8 N–H and O–H groups in total. The van der Waals surface area contributed by atoms with Gasteiger partial charge in [-0.05, 0) is 203 Å². The van der Waals surface area contributed by atoms with Gasteiger partial charge in [0.1, 0.15) is 22.7 Å². The molecule has 3 aromatic heterocycles. The number of benzene rings is 2. The van der Waals surface area contributed by atoms with Crippen LogP contribution in [0.2, 0.25) is 15.7 Å². The van der Waals surface area contributed by atoms with Crippen molar-refractivity contribution in [1.82, 2.24) is 45.9 Å². The lowest BCUT2D eigenvalue weighted by atomic mass is 9.97. The predicted molar refractivity (Wildman–Crippen MR) is 327 cm³/mol. The molecule has 20 nitrogen and oxygen atoms in total. The van der Waals surface area contributed by atoms with Crippen molar-refractivity contribution in [2.45, 2.75) is 119 Å². The first-order valence-electron chi connectivity index (χ1n) is 27.8. The number of nitrogens with two attached hydrogens (primary N) is 2. The van der Waals surface area contributed by atoms with Crippen LogP contribution in [0.1, 0.15) is 102 Å². The summed E-state index contributed by atoms with van der Waals surface area (Å²) in [4.78, 5) is 49.5. The monoisotopic (exact) mass is 1230 g/mol. The molecule has 0 bridgehead atoms. The molecular formula is C58H84Cl3F3N14O6. The number of methoxy groups -OCH3 is 2. The van der Waals surface area contributed by atoms with Gasteiger partial charge in [-0.3, -0.25) is 0 Å². The lowest BCUT2D eigenvalue weighted by Gasteiger charge is -2.33. The van der Waals surface area contributed by atoms with Crippen molar-refractivity contribution in [3.63, 3.8) is 0 Å². The summed E-state index contributed by atoms with van der Waals surface area (Å²) in [5.74, 6) is 2.50. The maximum absolute atomic E-state index is 14.3. The number of ether oxygens (including phenoxy) is 4. The molecule has 464 valence electrons. The molecule has 3 fully saturated rings. The smallest absolute Gasteiger partial charge is 0.407 e. The highest BCUT2D eigenvalue weighted by Crippen LogP contribution is 2.30. The molecule has 3 saturated heterocycles. The molecule has 2 aromatic carbocycles. The average molecular weight is 1240 g/mol. The molecule has 0 radical (unpaired) electrons. The van der Waals surface area contributed by atoms with Gasteiger partial charge in [-0.1, -0.05) is 11.6 Å². The summed E-state index contributed by atoms with van der Waals surface area (Å²) in [6, 6.07) is 7.67. The molecular weight excluding hydrogens is 1150 g/mol. The van der Waals surface area contributed by atoms with Crippen molar-refractivity contribution in [2.75, 3.05) is 94.0 Å². The van der Waals surface area contributed by atoms with E-state index < -0.39 is 34.7 Å². The van der Waals surface area contributed by atoms with E-state index >= 15 is 0 Å². The molecule has 0 spiro atoms. The summed E-state index contributed by atoms with van der Waals surface area (Å²) in [6.07, 6.45) is 8.35. The first kappa shape index (κ1) is 70.1. The van der Waals surface area contributed by atoms with E-state index in [0.717, 1.165) is 123 Å². The molecule has 3 aliphatic heterocycles. The second-order valence-electron chi connectivity index (χ2n) is 22.4. The average Bonchev–Trinajstić information content (AvgIpc) is 3.65. The third-order valence-electron chi connectivity index (χ3n) is 13.5. The second-order valence-corrected chi connectivity index (χ2v) is 23.5. The number of aromatic nitrogens is 6. The van der Waals surface area contributed by atoms with Gasteiger partial charge in [0.15, 0.2) is 34.2 Å². The number of nitrogen functional groups attached to an aromatic ring is 1. The Bertz CT molecular complexity index is 2890. The van der Waals surface area contributed by atoms with Crippen LogP contribution in [0.4, 0.5) is 51.7 Å². The molecule has 0 unspecified atom stereocenters. The van der Waals surface area contributed by atoms with Gasteiger partial charge in [-0.25, -0.2) is 42.7 Å². The lowest BCUT2D eigenvalue weighted by molar-refractivity contribution is 0.0505. The normalized spacial score (nSPS) is 14.8. The highest BCUT2D eigenvalue weighted by Gasteiger charge is 2.26. The molecule has 0 saturated carbocycles. The number of amides is 2. The van der Waals surface area contributed by atoms with Gasteiger partial charge in [0.2, 0.25) is 16.5 Å². The van der Waals surface area contributed by atoms with Crippen molar-refractivity contribution >= 4 is 75.9 Å². The molecule has 8 rings (SSSR count). The van der Waals surface area contributed by atoms with Crippen LogP contribution < -0.4 is 52.0 Å². The highest BCUT2D eigenvalue weighted by molar-refractivity contribution is 6.31. The Hall–Kier alpha value is -6.40. The largest absolute Gasteiger partial charge is 0.496 e. The molecule has 26 heteroatoms. The van der Waals surface area contributed by atoms with E-state index in [0.29, 0.717) is 55.7 Å². The van der Waals surface area contributed by atoms with Crippen LogP contribution in [0, 0.1) is 62.9 Å². The predicted octanol–water partition coefficient (Wildman–Crippen LogP) is 11.5. The van der Waals surface area contributed by atoms with Crippen LogP contribution in [0.3, 0.4) is 0 Å². The molecule has 84 heavy (non-hydrogen) atoms. The third kappa shape index (κ3) is 24.7. The summed E-state index contributed by atoms with van der Waals surface area (Å²) in [5.41, 5.74) is 16.5. The van der Waals surface area contributed by atoms with Crippen LogP contribution in [0.5, 0.6) is 11.5 Å². The van der Waals surface area contributed by atoms with Crippen molar-refractivity contribution in [3.8, 4) is 11.5 Å². The van der Waals surface area contributed by atoms with Gasteiger partial charge >= 0.3 is 12.2 Å². The van der Waals surface area contributed by atoms with Gasteiger partial charge in [0.05, 0.1) is 32.8 Å². The lowest BCUT2D eigenvalue weighted by Crippen LogP contribution is -2.40. The number of carbonyl (C=O) groups is 2. The van der Waals surface area contributed by atoms with E-state index in [4.69, 9.17) is 65.2 Å². The molecule has 0 atom stereocenters. The number of nitrogens with one attached hydrogen (secondary N) is 4. The van der Waals surface area contributed by atoms with Crippen molar-refractivity contribution in [2.24, 2.45) is 23.5 Å². The Kier molecular flexibility index (Phi) is 28.3. The van der Waals surface area contributed by atoms with Crippen LogP contribution in [-0.2, 0) is 9.47 Å². The van der Waals surface area contributed by atoms with Crippen molar-refractivity contribution in [3.05, 3.63) is 98.3 Å². The van der Waals surface area contributed by atoms with E-state index in [1.807, 2.05) is 103 Å². The van der Waals surface area contributed by atoms with E-state index in [9.17, 15) is 22.8 Å². The number of hydrogen-bond donors (Lipinski definition) is 6. The fourth-order valence-electron chi connectivity index (χ4n) is 8.73. The van der Waals surface area contributed by atoms with Gasteiger partial charge in [-0.15, -0.1) is 0 Å². The van der Waals surface area contributed by atoms with Crippen LogP contribution in [-0.4, -0.2) is 126 Å². The minimum atomic E-state index is -0.666. The van der Waals surface area contributed by atoms with Gasteiger partial charge in [0, 0.05) is 62.8 Å². The summed E-state index contributed by atoms with van der Waals surface area (Å²) < 4.78 is 61.1.